The van der Waals surface area contributed by atoms with Gasteiger partial charge in [0.05, 0.1) is 0 Å². The Bertz CT molecular complexity index is 602. The molecule has 0 saturated carbocycles. The van der Waals surface area contributed by atoms with E-state index in [0.29, 0.717) is 5.92 Å². The Morgan fingerprint density at radius 3 is 2.42 bits per heavy atom. The summed E-state index contributed by atoms with van der Waals surface area (Å²) in [6.07, 6.45) is 4.60. The molecule has 0 aromatic heterocycles. The lowest BCUT2D eigenvalue weighted by Gasteiger charge is -2.10. The van der Waals surface area contributed by atoms with Crippen molar-refractivity contribution in [1.82, 2.24) is 0 Å². The maximum atomic E-state index is 2.33. The molecular formula is C19H20. The van der Waals surface area contributed by atoms with E-state index >= 15 is 0 Å². The van der Waals surface area contributed by atoms with Gasteiger partial charge in [0.25, 0.3) is 0 Å². The van der Waals surface area contributed by atoms with Gasteiger partial charge < -0.3 is 0 Å². The van der Waals surface area contributed by atoms with Crippen LogP contribution in [0.15, 0.2) is 48.5 Å². The molecule has 0 spiro atoms. The lowest BCUT2D eigenvalue weighted by molar-refractivity contribution is 0.733. The molecule has 0 nitrogen and oxygen atoms in total. The molecule has 1 unspecified atom stereocenters. The van der Waals surface area contributed by atoms with Gasteiger partial charge in [-0.05, 0) is 46.6 Å². The number of hydrogen-bond donors (Lipinski definition) is 0. The Morgan fingerprint density at radius 1 is 1.00 bits per heavy atom. The lowest BCUT2D eigenvalue weighted by atomic mass is 9.95. The summed E-state index contributed by atoms with van der Waals surface area (Å²) in [6.45, 7) is 4.54. The molecule has 1 aliphatic carbocycles. The van der Waals surface area contributed by atoms with Crippen LogP contribution in [0.4, 0.5) is 0 Å². The highest BCUT2D eigenvalue weighted by molar-refractivity contribution is 5.88. The minimum absolute atomic E-state index is 0.656. The third-order valence-corrected chi connectivity index (χ3v) is 4.23. The molecule has 0 bridgehead atoms. The summed E-state index contributed by atoms with van der Waals surface area (Å²) in [5, 5.41) is 0. The van der Waals surface area contributed by atoms with Crippen molar-refractivity contribution >= 4 is 11.6 Å². The maximum absolute atomic E-state index is 2.33. The van der Waals surface area contributed by atoms with Crippen molar-refractivity contribution in [2.24, 2.45) is 0 Å². The van der Waals surface area contributed by atoms with E-state index in [1.54, 1.807) is 0 Å². The van der Waals surface area contributed by atoms with E-state index in [1.807, 2.05) is 0 Å². The first kappa shape index (κ1) is 12.2. The number of benzene rings is 2. The van der Waals surface area contributed by atoms with Crippen LogP contribution < -0.4 is 0 Å². The smallest absolute Gasteiger partial charge is 0.00137 e. The molecule has 0 amide bonds. The molecule has 0 aliphatic heterocycles. The predicted molar refractivity (Wildman–Crippen MR) is 83.2 cm³/mol. The first-order valence-electron chi connectivity index (χ1n) is 7.16. The van der Waals surface area contributed by atoms with Crippen molar-refractivity contribution in [1.29, 1.82) is 0 Å². The summed E-state index contributed by atoms with van der Waals surface area (Å²) < 4.78 is 0. The van der Waals surface area contributed by atoms with Crippen LogP contribution in [0.3, 0.4) is 0 Å². The van der Waals surface area contributed by atoms with Crippen LogP contribution in [-0.2, 0) is 6.42 Å². The highest BCUT2D eigenvalue weighted by Gasteiger charge is 2.13. The van der Waals surface area contributed by atoms with Gasteiger partial charge in [0.1, 0.15) is 0 Å². The third kappa shape index (κ3) is 2.35. The van der Waals surface area contributed by atoms with Gasteiger partial charge >= 0.3 is 0 Å². The second-order valence-corrected chi connectivity index (χ2v) is 5.48. The van der Waals surface area contributed by atoms with Crippen LogP contribution in [0.2, 0.25) is 0 Å². The van der Waals surface area contributed by atoms with E-state index < -0.39 is 0 Å². The molecule has 0 saturated heterocycles. The Balaban J connectivity index is 1.86. The van der Waals surface area contributed by atoms with E-state index in [-0.39, 0.29) is 0 Å². The first-order valence-corrected chi connectivity index (χ1v) is 7.16. The summed E-state index contributed by atoms with van der Waals surface area (Å²) in [7, 11) is 0. The van der Waals surface area contributed by atoms with Crippen LogP contribution in [0.1, 0.15) is 48.4 Å². The summed E-state index contributed by atoms with van der Waals surface area (Å²) >= 11 is 0. The Kier molecular flexibility index (Phi) is 3.25. The maximum Gasteiger partial charge on any atom is -0.00137 e. The lowest BCUT2D eigenvalue weighted by Crippen LogP contribution is -1.92. The fourth-order valence-electron chi connectivity index (χ4n) is 2.73. The zero-order valence-corrected chi connectivity index (χ0v) is 11.7. The minimum Gasteiger partial charge on any atom is -0.0648 e. The van der Waals surface area contributed by atoms with Crippen molar-refractivity contribution in [2.75, 3.05) is 0 Å². The van der Waals surface area contributed by atoms with Gasteiger partial charge in [-0.2, -0.15) is 0 Å². The zero-order chi connectivity index (χ0) is 13.2. The number of hydrogen-bond acceptors (Lipinski definition) is 0. The Hall–Kier alpha value is -1.82. The van der Waals surface area contributed by atoms with Gasteiger partial charge in [0.15, 0.2) is 0 Å². The molecule has 0 heteroatoms. The molecule has 2 aromatic carbocycles. The van der Waals surface area contributed by atoms with Gasteiger partial charge in [0, 0.05) is 0 Å². The average Bonchev–Trinajstić information content (AvgIpc) is 2.90. The molecule has 0 N–H and O–H groups in total. The topological polar surface area (TPSA) is 0 Å². The summed E-state index contributed by atoms with van der Waals surface area (Å²) in [4.78, 5) is 0. The second kappa shape index (κ2) is 5.05. The highest BCUT2D eigenvalue weighted by Crippen LogP contribution is 2.32. The quantitative estimate of drug-likeness (QED) is 0.691. The zero-order valence-electron chi connectivity index (χ0n) is 11.7. The molecule has 3 rings (SSSR count). The number of rotatable bonds is 3. The largest absolute Gasteiger partial charge is 0.0648 e. The monoisotopic (exact) mass is 248 g/mol. The van der Waals surface area contributed by atoms with E-state index in [9.17, 15) is 0 Å². The fraction of sp³-hybridized carbons (Fsp3) is 0.263. The van der Waals surface area contributed by atoms with Gasteiger partial charge in [0.2, 0.25) is 0 Å². The van der Waals surface area contributed by atoms with Gasteiger partial charge in [-0.25, -0.2) is 0 Å². The van der Waals surface area contributed by atoms with Crippen molar-refractivity contribution in [3.8, 4) is 0 Å². The number of fused-ring (bicyclic) bond motifs is 1. The van der Waals surface area contributed by atoms with Crippen LogP contribution in [0, 0.1) is 0 Å². The average molecular weight is 248 g/mol. The third-order valence-electron chi connectivity index (χ3n) is 4.23. The standard InChI is InChI=1S/C19H20/c1-3-14(2)15-8-10-16(11-9-15)19-12-17-6-4-5-7-18(17)13-19/h4-12,14H,3,13H2,1-2H3. The van der Waals surface area contributed by atoms with Crippen LogP contribution in [-0.4, -0.2) is 0 Å². The second-order valence-electron chi connectivity index (χ2n) is 5.48. The number of allylic oxidation sites excluding steroid dienone is 1. The molecule has 96 valence electrons. The molecular weight excluding hydrogens is 228 g/mol. The SMILES string of the molecule is CCC(C)c1ccc(C2=Cc3ccccc3C2)cc1. The molecule has 0 heterocycles. The van der Waals surface area contributed by atoms with Crippen LogP contribution >= 0.6 is 0 Å². The summed E-state index contributed by atoms with van der Waals surface area (Å²) in [5.41, 5.74) is 7.08. The predicted octanol–water partition coefficient (Wildman–Crippen LogP) is 5.30. The highest BCUT2D eigenvalue weighted by atomic mass is 14.2. The van der Waals surface area contributed by atoms with Crippen LogP contribution in [0.5, 0.6) is 0 Å². The van der Waals surface area contributed by atoms with Crippen molar-refractivity contribution in [3.63, 3.8) is 0 Å². The summed E-state index contributed by atoms with van der Waals surface area (Å²) in [6, 6.07) is 17.8. The van der Waals surface area contributed by atoms with Gasteiger partial charge in [-0.1, -0.05) is 68.5 Å². The van der Waals surface area contributed by atoms with E-state index in [0.717, 1.165) is 6.42 Å². The Morgan fingerprint density at radius 2 is 1.74 bits per heavy atom. The van der Waals surface area contributed by atoms with Gasteiger partial charge in [-0.3, -0.25) is 0 Å². The van der Waals surface area contributed by atoms with E-state index in [4.69, 9.17) is 0 Å². The molecule has 1 atom stereocenters. The normalized spacial score (nSPS) is 14.9. The van der Waals surface area contributed by atoms with E-state index in [1.165, 1.54) is 34.2 Å². The Labute approximate surface area is 115 Å². The van der Waals surface area contributed by atoms with Crippen molar-refractivity contribution in [3.05, 3.63) is 70.8 Å². The molecule has 19 heavy (non-hydrogen) atoms. The van der Waals surface area contributed by atoms with Gasteiger partial charge in [-0.15, -0.1) is 0 Å². The molecule has 0 radical (unpaired) electrons. The molecule has 2 aromatic rings. The summed E-state index contributed by atoms with van der Waals surface area (Å²) in [5.74, 6) is 0.656. The molecule has 1 aliphatic rings. The fourth-order valence-corrected chi connectivity index (χ4v) is 2.73. The minimum atomic E-state index is 0.656. The first-order chi connectivity index (χ1) is 9.28. The van der Waals surface area contributed by atoms with Crippen molar-refractivity contribution < 1.29 is 0 Å². The molecule has 0 fully saturated rings. The van der Waals surface area contributed by atoms with Crippen LogP contribution in [0.25, 0.3) is 11.6 Å². The van der Waals surface area contributed by atoms with Crippen molar-refractivity contribution in [2.45, 2.75) is 32.6 Å². The van der Waals surface area contributed by atoms with E-state index in [2.05, 4.69) is 68.5 Å².